The number of benzene rings is 3. The number of morpholine rings is 1. The number of carbonyl (C=O) groups excluding carboxylic acids is 2. The van der Waals surface area contributed by atoms with Gasteiger partial charge in [-0.1, -0.05) is 32.0 Å². The largest absolute Gasteiger partial charge is 0.497 e. The van der Waals surface area contributed by atoms with Gasteiger partial charge in [-0.05, 0) is 73.4 Å². The monoisotopic (exact) mass is 594 g/mol. The Morgan fingerprint density at radius 2 is 1.64 bits per heavy atom. The second-order valence-corrected chi connectivity index (χ2v) is 12.2. The van der Waals surface area contributed by atoms with Crippen molar-refractivity contribution in [2.24, 2.45) is 5.92 Å². The number of aryl methyl sites for hydroxylation is 1. The van der Waals surface area contributed by atoms with Gasteiger partial charge >= 0.3 is 0 Å². The average Bonchev–Trinajstić information content (AvgIpc) is 2.97. The van der Waals surface area contributed by atoms with Crippen molar-refractivity contribution < 1.29 is 27.5 Å². The van der Waals surface area contributed by atoms with E-state index in [1.165, 1.54) is 13.2 Å². The first-order valence-electron chi connectivity index (χ1n) is 13.9. The molecule has 42 heavy (non-hydrogen) atoms. The van der Waals surface area contributed by atoms with Gasteiger partial charge in [0.15, 0.2) is 0 Å². The summed E-state index contributed by atoms with van der Waals surface area (Å²) >= 11 is 0. The van der Waals surface area contributed by atoms with E-state index in [1.54, 1.807) is 48.5 Å². The Hall–Kier alpha value is -4.09. The molecule has 0 aromatic heterocycles. The highest BCUT2D eigenvalue weighted by atomic mass is 32.2. The molecule has 0 saturated carbocycles. The molecule has 1 heterocycles. The molecule has 224 valence electrons. The van der Waals surface area contributed by atoms with Crippen LogP contribution in [0.4, 0.5) is 17.1 Å². The molecular formula is C31H38N4O6S. The summed E-state index contributed by atoms with van der Waals surface area (Å²) in [6.07, 6.45) is 0.402. The summed E-state index contributed by atoms with van der Waals surface area (Å²) < 4.78 is 40.7. The number of rotatable bonds is 11. The number of amides is 2. The third kappa shape index (κ3) is 7.80. The Balaban J connectivity index is 1.62. The zero-order chi connectivity index (χ0) is 30.3. The Morgan fingerprint density at radius 3 is 2.29 bits per heavy atom. The summed E-state index contributed by atoms with van der Waals surface area (Å²) in [5, 5.41) is 5.70. The van der Waals surface area contributed by atoms with Gasteiger partial charge in [-0.25, -0.2) is 8.42 Å². The number of sulfonamides is 1. The van der Waals surface area contributed by atoms with Crippen LogP contribution in [0.2, 0.25) is 0 Å². The second-order valence-electron chi connectivity index (χ2n) is 10.6. The number of hydrogen-bond acceptors (Lipinski definition) is 7. The molecular weight excluding hydrogens is 556 g/mol. The SMILES string of the molecule is COc1ccc(NS(=O)(=O)c2cc(NC(=O)[C@@H](CC(C)C)NC(=O)c3ccccc3C)ccc2N2CCOCC2)cc1. The van der Waals surface area contributed by atoms with E-state index in [9.17, 15) is 18.0 Å². The van der Waals surface area contributed by atoms with Crippen molar-refractivity contribution in [1.82, 2.24) is 5.32 Å². The van der Waals surface area contributed by atoms with Crippen LogP contribution in [0, 0.1) is 12.8 Å². The summed E-state index contributed by atoms with van der Waals surface area (Å²) in [6.45, 7) is 7.77. The van der Waals surface area contributed by atoms with Crippen molar-refractivity contribution >= 4 is 38.9 Å². The standard InChI is InChI=1S/C31H38N4O6S/c1-21(2)19-27(33-30(36)26-8-6-5-7-22(26)3)31(37)32-24-11-14-28(35-15-17-41-18-16-35)29(20-24)42(38,39)34-23-9-12-25(40-4)13-10-23/h5-14,20-21,27,34H,15-19H2,1-4H3,(H,32,37)(H,33,36)/t27-/m1/s1. The molecule has 1 saturated heterocycles. The van der Waals surface area contributed by atoms with Crippen LogP contribution in [-0.2, 0) is 19.6 Å². The minimum absolute atomic E-state index is 0.0161. The summed E-state index contributed by atoms with van der Waals surface area (Å²) in [4.78, 5) is 28.5. The summed E-state index contributed by atoms with van der Waals surface area (Å²) in [5.41, 5.74) is 2.47. The number of anilines is 3. The Kier molecular flexibility index (Phi) is 10.1. The van der Waals surface area contributed by atoms with Gasteiger partial charge < -0.3 is 25.0 Å². The highest BCUT2D eigenvalue weighted by Crippen LogP contribution is 2.31. The lowest BCUT2D eigenvalue weighted by atomic mass is 10.0. The smallest absolute Gasteiger partial charge is 0.264 e. The predicted octanol–water partition coefficient (Wildman–Crippen LogP) is 4.42. The highest BCUT2D eigenvalue weighted by molar-refractivity contribution is 7.92. The normalized spacial score (nSPS) is 14.3. The minimum Gasteiger partial charge on any atom is -0.497 e. The quantitative estimate of drug-likeness (QED) is 0.300. The molecule has 0 spiro atoms. The number of methoxy groups -OCH3 is 1. The third-order valence-electron chi connectivity index (χ3n) is 6.93. The van der Waals surface area contributed by atoms with Gasteiger partial charge in [0.05, 0.1) is 26.0 Å². The number of nitrogens with zero attached hydrogens (tertiary/aromatic N) is 1. The first-order valence-corrected chi connectivity index (χ1v) is 15.4. The second kappa shape index (κ2) is 13.7. The fourth-order valence-electron chi connectivity index (χ4n) is 4.74. The van der Waals surface area contributed by atoms with E-state index in [-0.39, 0.29) is 16.7 Å². The van der Waals surface area contributed by atoms with Gasteiger partial charge in [0.1, 0.15) is 16.7 Å². The third-order valence-corrected chi connectivity index (χ3v) is 8.34. The molecule has 0 radical (unpaired) electrons. The molecule has 11 heteroatoms. The number of ether oxygens (including phenoxy) is 2. The zero-order valence-electron chi connectivity index (χ0n) is 24.3. The maximum Gasteiger partial charge on any atom is 0.264 e. The topological polar surface area (TPSA) is 126 Å². The van der Waals surface area contributed by atoms with Crippen molar-refractivity contribution in [2.75, 3.05) is 48.4 Å². The molecule has 1 atom stereocenters. The van der Waals surface area contributed by atoms with Crippen LogP contribution in [0.1, 0.15) is 36.2 Å². The van der Waals surface area contributed by atoms with Crippen LogP contribution in [0.25, 0.3) is 0 Å². The van der Waals surface area contributed by atoms with E-state index < -0.39 is 22.0 Å². The minimum atomic E-state index is -4.06. The van der Waals surface area contributed by atoms with E-state index >= 15 is 0 Å². The van der Waals surface area contributed by atoms with Crippen molar-refractivity contribution in [1.29, 1.82) is 0 Å². The Morgan fingerprint density at radius 1 is 0.976 bits per heavy atom. The van der Waals surface area contributed by atoms with Crippen LogP contribution in [0.5, 0.6) is 5.75 Å². The van der Waals surface area contributed by atoms with Crippen molar-refractivity contribution in [2.45, 2.75) is 38.1 Å². The van der Waals surface area contributed by atoms with Crippen LogP contribution in [-0.4, -0.2) is 59.7 Å². The molecule has 3 aromatic rings. The van der Waals surface area contributed by atoms with Crippen LogP contribution in [0.15, 0.2) is 71.6 Å². The van der Waals surface area contributed by atoms with Gasteiger partial charge in [0, 0.05) is 30.0 Å². The fraction of sp³-hybridized carbons (Fsp3) is 0.355. The predicted molar refractivity (Wildman–Crippen MR) is 164 cm³/mol. The van der Waals surface area contributed by atoms with Crippen LogP contribution < -0.4 is 25.0 Å². The molecule has 4 rings (SSSR count). The molecule has 1 aliphatic heterocycles. The van der Waals surface area contributed by atoms with Gasteiger partial charge in [-0.3, -0.25) is 14.3 Å². The van der Waals surface area contributed by atoms with E-state index in [2.05, 4.69) is 15.4 Å². The number of nitrogens with one attached hydrogen (secondary N) is 3. The molecule has 0 bridgehead atoms. The Bertz CT molecular complexity index is 1500. The first-order chi connectivity index (χ1) is 20.1. The van der Waals surface area contributed by atoms with E-state index in [0.29, 0.717) is 61.1 Å². The van der Waals surface area contributed by atoms with Crippen LogP contribution >= 0.6 is 0 Å². The van der Waals surface area contributed by atoms with E-state index in [4.69, 9.17) is 9.47 Å². The first kappa shape index (κ1) is 30.9. The lowest BCUT2D eigenvalue weighted by molar-refractivity contribution is -0.118. The van der Waals surface area contributed by atoms with Gasteiger partial charge in [0.2, 0.25) is 5.91 Å². The molecule has 0 unspecified atom stereocenters. The summed E-state index contributed by atoms with van der Waals surface area (Å²) in [5.74, 6) is -0.0619. The molecule has 3 N–H and O–H groups in total. The number of hydrogen-bond donors (Lipinski definition) is 3. The molecule has 1 aliphatic rings. The molecule has 10 nitrogen and oxygen atoms in total. The Labute approximate surface area is 247 Å². The van der Waals surface area contributed by atoms with E-state index in [1.807, 2.05) is 37.8 Å². The van der Waals surface area contributed by atoms with Crippen molar-refractivity contribution in [3.05, 3.63) is 77.9 Å². The maximum absolute atomic E-state index is 13.7. The number of carbonyl (C=O) groups is 2. The maximum atomic E-state index is 13.7. The van der Waals surface area contributed by atoms with Crippen LogP contribution in [0.3, 0.4) is 0 Å². The lowest BCUT2D eigenvalue weighted by Gasteiger charge is -2.30. The summed E-state index contributed by atoms with van der Waals surface area (Å²) in [7, 11) is -2.53. The van der Waals surface area contributed by atoms with E-state index in [0.717, 1.165) is 5.56 Å². The molecule has 3 aromatic carbocycles. The zero-order valence-corrected chi connectivity index (χ0v) is 25.2. The van der Waals surface area contributed by atoms with Gasteiger partial charge in [-0.15, -0.1) is 0 Å². The van der Waals surface area contributed by atoms with Gasteiger partial charge in [0.25, 0.3) is 15.9 Å². The van der Waals surface area contributed by atoms with Crippen molar-refractivity contribution in [3.63, 3.8) is 0 Å². The highest BCUT2D eigenvalue weighted by Gasteiger charge is 2.27. The fourth-order valence-corrected chi connectivity index (χ4v) is 6.05. The van der Waals surface area contributed by atoms with Crippen molar-refractivity contribution in [3.8, 4) is 5.75 Å². The summed E-state index contributed by atoms with van der Waals surface area (Å²) in [6, 6.07) is 17.7. The molecule has 2 amide bonds. The molecule has 0 aliphatic carbocycles. The van der Waals surface area contributed by atoms with Gasteiger partial charge in [-0.2, -0.15) is 0 Å². The average molecular weight is 595 g/mol. The molecule has 1 fully saturated rings. The lowest BCUT2D eigenvalue weighted by Crippen LogP contribution is -2.44.